The largest absolute Gasteiger partial charge is 0.497 e. The van der Waals surface area contributed by atoms with E-state index < -0.39 is 5.82 Å². The minimum atomic E-state index is -0.527. The fourth-order valence-corrected chi connectivity index (χ4v) is 2.81. The first kappa shape index (κ1) is 15.3. The highest BCUT2D eigenvalue weighted by Gasteiger charge is 2.18. The van der Waals surface area contributed by atoms with Crippen LogP contribution in [0, 0.1) is 5.82 Å². The average molecular weight is 342 g/mol. The van der Waals surface area contributed by atoms with Gasteiger partial charge in [-0.05, 0) is 12.1 Å². The molecule has 0 saturated carbocycles. The molecule has 25 heavy (non-hydrogen) atoms. The summed E-state index contributed by atoms with van der Waals surface area (Å²) < 4.78 is 23.0. The first-order valence-electron chi connectivity index (χ1n) is 7.57. The molecule has 128 valence electrons. The summed E-state index contributed by atoms with van der Waals surface area (Å²) in [7, 11) is 1.56. The van der Waals surface area contributed by atoms with E-state index in [1.165, 1.54) is 10.7 Å². The van der Waals surface area contributed by atoms with Gasteiger partial charge in [-0.1, -0.05) is 0 Å². The third kappa shape index (κ3) is 2.36. The molecule has 0 aromatic carbocycles. The van der Waals surface area contributed by atoms with Crippen LogP contribution in [0.4, 0.5) is 10.2 Å². The summed E-state index contributed by atoms with van der Waals surface area (Å²) >= 11 is 0. The zero-order valence-corrected chi connectivity index (χ0v) is 13.3. The van der Waals surface area contributed by atoms with E-state index in [1.807, 2.05) is 0 Å². The lowest BCUT2D eigenvalue weighted by molar-refractivity contribution is 0.271. The number of ether oxygens (including phenoxy) is 1. The number of nitrogen functional groups attached to an aromatic ring is 1. The van der Waals surface area contributed by atoms with Crippen molar-refractivity contribution in [3.8, 4) is 17.0 Å². The Kier molecular flexibility index (Phi) is 3.50. The van der Waals surface area contributed by atoms with Crippen LogP contribution in [0.15, 0.2) is 30.6 Å². The first-order chi connectivity index (χ1) is 12.1. The van der Waals surface area contributed by atoms with E-state index in [0.717, 1.165) is 0 Å². The number of anilines is 1. The van der Waals surface area contributed by atoms with E-state index in [1.54, 1.807) is 36.2 Å². The van der Waals surface area contributed by atoms with Crippen molar-refractivity contribution in [2.75, 3.05) is 19.5 Å². The van der Waals surface area contributed by atoms with Crippen LogP contribution in [0.2, 0.25) is 0 Å². The summed E-state index contributed by atoms with van der Waals surface area (Å²) in [6.07, 6.45) is 3.27. The molecular weight excluding hydrogens is 327 g/mol. The molecule has 0 aliphatic carbocycles. The third-order valence-corrected chi connectivity index (χ3v) is 4.00. The zero-order chi connectivity index (χ0) is 17.6. The Labute approximate surface area is 141 Å². The molecule has 4 aromatic heterocycles. The smallest absolute Gasteiger partial charge is 0.160 e. The van der Waals surface area contributed by atoms with E-state index in [2.05, 4.69) is 15.2 Å². The van der Waals surface area contributed by atoms with Gasteiger partial charge in [-0.2, -0.15) is 10.2 Å². The second kappa shape index (κ2) is 5.71. The second-order valence-electron chi connectivity index (χ2n) is 5.48. The van der Waals surface area contributed by atoms with Crippen molar-refractivity contribution < 1.29 is 14.2 Å². The van der Waals surface area contributed by atoms with Gasteiger partial charge in [0.15, 0.2) is 17.3 Å². The Morgan fingerprint density at radius 3 is 2.96 bits per heavy atom. The highest BCUT2D eigenvalue weighted by atomic mass is 19.1. The van der Waals surface area contributed by atoms with Crippen LogP contribution in [0.5, 0.6) is 5.75 Å². The topological polar surface area (TPSA) is 103 Å². The van der Waals surface area contributed by atoms with E-state index in [0.29, 0.717) is 27.9 Å². The Morgan fingerprint density at radius 1 is 1.36 bits per heavy atom. The molecule has 0 fully saturated rings. The molecule has 0 unspecified atom stereocenters. The summed E-state index contributed by atoms with van der Waals surface area (Å²) in [5, 5.41) is 17.9. The lowest BCUT2D eigenvalue weighted by Gasteiger charge is -2.05. The van der Waals surface area contributed by atoms with Crippen LogP contribution >= 0.6 is 0 Å². The van der Waals surface area contributed by atoms with Crippen molar-refractivity contribution >= 4 is 22.4 Å². The summed E-state index contributed by atoms with van der Waals surface area (Å²) in [5.74, 6) is 0.272. The lowest BCUT2D eigenvalue weighted by atomic mass is 10.1. The Hall–Kier alpha value is -3.20. The summed E-state index contributed by atoms with van der Waals surface area (Å²) in [6.45, 7) is 0.0902. The Morgan fingerprint density at radius 2 is 2.20 bits per heavy atom. The van der Waals surface area contributed by atoms with Crippen LogP contribution in [-0.2, 0) is 6.54 Å². The van der Waals surface area contributed by atoms with Gasteiger partial charge in [0.2, 0.25) is 0 Å². The number of hydrogen-bond acceptors (Lipinski definition) is 6. The van der Waals surface area contributed by atoms with Gasteiger partial charge in [-0.15, -0.1) is 0 Å². The maximum atomic E-state index is 14.7. The lowest BCUT2D eigenvalue weighted by Crippen LogP contribution is -2.05. The average Bonchev–Trinajstić information content (AvgIpc) is 3.15. The molecule has 8 nitrogen and oxygen atoms in total. The predicted octanol–water partition coefficient (Wildman–Crippen LogP) is 1.47. The van der Waals surface area contributed by atoms with Gasteiger partial charge in [-0.3, -0.25) is 0 Å². The van der Waals surface area contributed by atoms with Crippen molar-refractivity contribution in [2.24, 2.45) is 0 Å². The molecule has 4 rings (SSSR count). The molecule has 4 aromatic rings. The monoisotopic (exact) mass is 342 g/mol. The SMILES string of the molecule is COc1ccn2ncc(-c3nc4c(cc3F)c(N)nn4CCO)c2c1. The molecule has 9 heteroatoms. The van der Waals surface area contributed by atoms with Crippen molar-refractivity contribution in [3.63, 3.8) is 0 Å². The van der Waals surface area contributed by atoms with E-state index >= 15 is 0 Å². The number of fused-ring (bicyclic) bond motifs is 2. The van der Waals surface area contributed by atoms with Crippen LogP contribution < -0.4 is 10.5 Å². The van der Waals surface area contributed by atoms with Crippen LogP contribution in [0.25, 0.3) is 27.8 Å². The van der Waals surface area contributed by atoms with E-state index in [9.17, 15) is 4.39 Å². The highest BCUT2D eigenvalue weighted by Crippen LogP contribution is 2.31. The maximum Gasteiger partial charge on any atom is 0.160 e. The highest BCUT2D eigenvalue weighted by molar-refractivity contribution is 5.90. The molecule has 0 radical (unpaired) electrons. The molecule has 0 amide bonds. The van der Waals surface area contributed by atoms with Gasteiger partial charge in [0.25, 0.3) is 0 Å². The third-order valence-electron chi connectivity index (χ3n) is 4.00. The number of aliphatic hydroxyl groups is 1. The fourth-order valence-electron chi connectivity index (χ4n) is 2.81. The number of methoxy groups -OCH3 is 1. The zero-order valence-electron chi connectivity index (χ0n) is 13.3. The van der Waals surface area contributed by atoms with Crippen molar-refractivity contribution in [2.45, 2.75) is 6.54 Å². The van der Waals surface area contributed by atoms with Gasteiger partial charge < -0.3 is 15.6 Å². The normalized spacial score (nSPS) is 11.5. The molecule has 4 heterocycles. The summed E-state index contributed by atoms with van der Waals surface area (Å²) in [5.41, 5.74) is 7.54. The fraction of sp³-hybridized carbons (Fsp3) is 0.188. The molecule has 0 aliphatic rings. The summed E-state index contributed by atoms with van der Waals surface area (Å²) in [6, 6.07) is 4.82. The van der Waals surface area contributed by atoms with E-state index in [-0.39, 0.29) is 24.7 Å². The molecule has 3 N–H and O–H groups in total. The molecule has 0 bridgehead atoms. The molecule has 0 atom stereocenters. The number of nitrogens with two attached hydrogens (primary N) is 1. The van der Waals surface area contributed by atoms with Gasteiger partial charge in [-0.25, -0.2) is 18.6 Å². The second-order valence-corrected chi connectivity index (χ2v) is 5.48. The van der Waals surface area contributed by atoms with Crippen LogP contribution in [0.1, 0.15) is 0 Å². The molecule has 0 spiro atoms. The number of hydrogen-bond donors (Lipinski definition) is 2. The number of aromatic nitrogens is 5. The van der Waals surface area contributed by atoms with Crippen LogP contribution in [-0.4, -0.2) is 43.2 Å². The van der Waals surface area contributed by atoms with Crippen LogP contribution in [0.3, 0.4) is 0 Å². The van der Waals surface area contributed by atoms with Gasteiger partial charge in [0.05, 0.1) is 37.4 Å². The van der Waals surface area contributed by atoms with Crippen molar-refractivity contribution in [3.05, 3.63) is 36.4 Å². The number of halogens is 1. The maximum absolute atomic E-state index is 14.7. The van der Waals surface area contributed by atoms with E-state index in [4.69, 9.17) is 15.6 Å². The quantitative estimate of drug-likeness (QED) is 0.582. The van der Waals surface area contributed by atoms with Crippen molar-refractivity contribution in [1.82, 2.24) is 24.4 Å². The number of pyridine rings is 2. The summed E-state index contributed by atoms with van der Waals surface area (Å²) in [4.78, 5) is 4.40. The van der Waals surface area contributed by atoms with Gasteiger partial charge >= 0.3 is 0 Å². The molecule has 0 saturated heterocycles. The number of nitrogens with zero attached hydrogens (tertiary/aromatic N) is 5. The minimum Gasteiger partial charge on any atom is -0.497 e. The molecular formula is C16H15FN6O2. The predicted molar refractivity (Wildman–Crippen MR) is 89.7 cm³/mol. The molecule has 0 aliphatic heterocycles. The Balaban J connectivity index is 1.97. The number of aliphatic hydroxyl groups excluding tert-OH is 1. The van der Waals surface area contributed by atoms with Gasteiger partial charge in [0, 0.05) is 17.8 Å². The number of rotatable bonds is 4. The standard InChI is InChI=1S/C16H15FN6O2/c1-25-9-2-3-22-13(6-9)11(8-19-22)14-12(17)7-10-15(18)21-23(4-5-24)16(10)20-14/h2-3,6-8,24H,4-5H2,1H3,(H2,18,21). The van der Waals surface area contributed by atoms with Crippen molar-refractivity contribution in [1.29, 1.82) is 0 Å². The Bertz CT molecular complexity index is 1090. The first-order valence-corrected chi connectivity index (χ1v) is 7.57. The van der Waals surface area contributed by atoms with Gasteiger partial charge in [0.1, 0.15) is 11.4 Å². The minimum absolute atomic E-state index is 0.126.